The maximum atomic E-state index is 12.4. The van der Waals surface area contributed by atoms with Crippen LogP contribution in [-0.4, -0.2) is 47.6 Å². The van der Waals surface area contributed by atoms with E-state index >= 15 is 0 Å². The van der Waals surface area contributed by atoms with Gasteiger partial charge < -0.3 is 15.3 Å². The molecule has 3 rings (SSSR count). The zero-order valence-electron chi connectivity index (χ0n) is 14.7. The number of carbonyl (C=O) groups is 2. The van der Waals surface area contributed by atoms with Crippen LogP contribution in [0.2, 0.25) is 0 Å². The number of carbonyl (C=O) groups excluding carboxylic acids is 2. The van der Waals surface area contributed by atoms with Crippen molar-refractivity contribution in [1.82, 2.24) is 10.2 Å². The lowest BCUT2D eigenvalue weighted by molar-refractivity contribution is -0.126. The van der Waals surface area contributed by atoms with Gasteiger partial charge in [0.05, 0.1) is 6.10 Å². The van der Waals surface area contributed by atoms with Crippen LogP contribution in [0.25, 0.3) is 0 Å². The van der Waals surface area contributed by atoms with Crippen molar-refractivity contribution in [2.45, 2.75) is 44.6 Å². The van der Waals surface area contributed by atoms with Crippen LogP contribution in [0.5, 0.6) is 0 Å². The summed E-state index contributed by atoms with van der Waals surface area (Å²) in [4.78, 5) is 26.6. The first-order valence-electron chi connectivity index (χ1n) is 9.45. The van der Waals surface area contributed by atoms with Gasteiger partial charge in [0.25, 0.3) is 5.91 Å². The molecular weight excluding hydrogens is 316 g/mol. The van der Waals surface area contributed by atoms with Gasteiger partial charge in [0, 0.05) is 31.1 Å². The minimum Gasteiger partial charge on any atom is -0.391 e. The largest absolute Gasteiger partial charge is 0.391 e. The number of piperidine rings is 1. The molecule has 5 heteroatoms. The topological polar surface area (TPSA) is 69.6 Å². The van der Waals surface area contributed by atoms with Crippen LogP contribution >= 0.6 is 0 Å². The molecule has 0 unspecified atom stereocenters. The fraction of sp³-hybridized carbons (Fsp3) is 0.600. The highest BCUT2D eigenvalue weighted by Gasteiger charge is 2.29. The van der Waals surface area contributed by atoms with E-state index in [0.29, 0.717) is 44.0 Å². The molecule has 2 N–H and O–H groups in total. The van der Waals surface area contributed by atoms with Gasteiger partial charge in [-0.25, -0.2) is 0 Å². The summed E-state index contributed by atoms with van der Waals surface area (Å²) < 4.78 is 0. The molecule has 1 aliphatic heterocycles. The Morgan fingerprint density at radius 2 is 1.72 bits per heavy atom. The number of amides is 2. The third-order valence-electron chi connectivity index (χ3n) is 5.60. The van der Waals surface area contributed by atoms with Gasteiger partial charge in [-0.2, -0.15) is 0 Å². The van der Waals surface area contributed by atoms with Crippen LogP contribution in [0, 0.1) is 11.8 Å². The number of hydrogen-bond donors (Lipinski definition) is 2. The predicted molar refractivity (Wildman–Crippen MR) is 96.0 cm³/mol. The molecule has 1 aromatic rings. The fourth-order valence-electron chi connectivity index (χ4n) is 3.97. The van der Waals surface area contributed by atoms with Gasteiger partial charge >= 0.3 is 0 Å². The first-order valence-corrected chi connectivity index (χ1v) is 9.45. The molecule has 2 fully saturated rings. The zero-order chi connectivity index (χ0) is 17.6. The fourth-order valence-corrected chi connectivity index (χ4v) is 3.97. The predicted octanol–water partition coefficient (Wildman–Crippen LogP) is 2.21. The molecule has 1 aliphatic carbocycles. The van der Waals surface area contributed by atoms with Crippen LogP contribution in [0.3, 0.4) is 0 Å². The summed E-state index contributed by atoms with van der Waals surface area (Å²) in [6, 6.07) is 9.27. The Morgan fingerprint density at radius 3 is 2.36 bits per heavy atom. The average molecular weight is 344 g/mol. The smallest absolute Gasteiger partial charge is 0.253 e. The molecule has 5 nitrogen and oxygen atoms in total. The normalized spacial score (nSPS) is 20.4. The number of hydrogen-bond acceptors (Lipinski definition) is 3. The summed E-state index contributed by atoms with van der Waals surface area (Å²) >= 11 is 0. The second-order valence-corrected chi connectivity index (χ2v) is 7.29. The van der Waals surface area contributed by atoms with Crippen molar-refractivity contribution in [2.75, 3.05) is 19.6 Å². The highest BCUT2D eigenvalue weighted by atomic mass is 16.3. The average Bonchev–Trinajstić information content (AvgIpc) is 3.21. The number of likely N-dealkylation sites (tertiary alicyclic amines) is 1. The van der Waals surface area contributed by atoms with Crippen molar-refractivity contribution in [3.05, 3.63) is 35.9 Å². The molecule has 1 heterocycles. The molecule has 1 aromatic carbocycles. The number of benzene rings is 1. The lowest BCUT2D eigenvalue weighted by Gasteiger charge is -2.31. The Kier molecular flexibility index (Phi) is 6.08. The summed E-state index contributed by atoms with van der Waals surface area (Å²) in [7, 11) is 0. The second-order valence-electron chi connectivity index (χ2n) is 7.29. The maximum Gasteiger partial charge on any atom is 0.253 e. The lowest BCUT2D eigenvalue weighted by atomic mass is 9.95. The third kappa shape index (κ3) is 4.60. The van der Waals surface area contributed by atoms with E-state index in [-0.39, 0.29) is 17.7 Å². The van der Waals surface area contributed by atoms with E-state index in [2.05, 4.69) is 5.32 Å². The molecule has 1 atom stereocenters. The van der Waals surface area contributed by atoms with E-state index in [0.717, 1.165) is 12.8 Å². The highest BCUT2D eigenvalue weighted by Crippen LogP contribution is 2.27. The van der Waals surface area contributed by atoms with Crippen LogP contribution in [0.4, 0.5) is 0 Å². The van der Waals surface area contributed by atoms with Gasteiger partial charge in [0.2, 0.25) is 5.91 Å². The number of nitrogens with one attached hydrogen (secondary N) is 1. The first-order chi connectivity index (χ1) is 12.1. The molecule has 1 saturated heterocycles. The summed E-state index contributed by atoms with van der Waals surface area (Å²) in [6.07, 6.45) is 5.45. The number of aliphatic hydroxyl groups excluding tert-OH is 1. The maximum absolute atomic E-state index is 12.4. The van der Waals surface area contributed by atoms with Crippen LogP contribution in [-0.2, 0) is 4.79 Å². The Labute approximate surface area is 149 Å². The summed E-state index contributed by atoms with van der Waals surface area (Å²) in [5, 5.41) is 13.1. The molecule has 2 aliphatic rings. The van der Waals surface area contributed by atoms with Crippen LogP contribution in [0.1, 0.15) is 48.9 Å². The zero-order valence-corrected chi connectivity index (χ0v) is 14.7. The lowest BCUT2D eigenvalue weighted by Crippen LogP contribution is -2.44. The molecule has 2 amide bonds. The van der Waals surface area contributed by atoms with E-state index in [9.17, 15) is 14.7 Å². The standard InChI is InChI=1S/C20H28N2O3/c23-18(15-6-4-5-7-15)14-21-19(24)16-10-12-22(13-11-16)20(25)17-8-2-1-3-9-17/h1-3,8-9,15-16,18,23H,4-7,10-14H2,(H,21,24)/t18-/m1/s1. The molecular formula is C20H28N2O3. The summed E-state index contributed by atoms with van der Waals surface area (Å²) in [5.41, 5.74) is 0.699. The van der Waals surface area contributed by atoms with E-state index in [1.165, 1.54) is 12.8 Å². The van der Waals surface area contributed by atoms with E-state index in [4.69, 9.17) is 0 Å². The molecule has 0 aromatic heterocycles. The molecule has 136 valence electrons. The molecule has 1 saturated carbocycles. The van der Waals surface area contributed by atoms with Gasteiger partial charge in [-0.1, -0.05) is 31.0 Å². The Morgan fingerprint density at radius 1 is 1.08 bits per heavy atom. The van der Waals surface area contributed by atoms with Crippen molar-refractivity contribution in [3.8, 4) is 0 Å². The summed E-state index contributed by atoms with van der Waals surface area (Å²) in [6.45, 7) is 1.57. The first kappa shape index (κ1) is 17.9. The van der Waals surface area contributed by atoms with E-state index in [1.54, 1.807) is 0 Å². The highest BCUT2D eigenvalue weighted by molar-refractivity contribution is 5.94. The number of nitrogens with zero attached hydrogens (tertiary/aromatic N) is 1. The van der Waals surface area contributed by atoms with Crippen molar-refractivity contribution < 1.29 is 14.7 Å². The Hall–Kier alpha value is -1.88. The second kappa shape index (κ2) is 8.48. The molecule has 0 bridgehead atoms. The molecule has 0 spiro atoms. The minimum atomic E-state index is -0.425. The van der Waals surface area contributed by atoms with Gasteiger partial charge in [-0.15, -0.1) is 0 Å². The van der Waals surface area contributed by atoms with E-state index < -0.39 is 6.10 Å². The Bertz CT molecular complexity index is 576. The molecule has 25 heavy (non-hydrogen) atoms. The van der Waals surface area contributed by atoms with Crippen LogP contribution in [0.15, 0.2) is 30.3 Å². The van der Waals surface area contributed by atoms with Gasteiger partial charge in [-0.05, 0) is 43.7 Å². The van der Waals surface area contributed by atoms with Crippen molar-refractivity contribution in [3.63, 3.8) is 0 Å². The summed E-state index contributed by atoms with van der Waals surface area (Å²) in [5.74, 6) is 0.334. The SMILES string of the molecule is O=C(NC[C@@H](O)C1CCCC1)C1CCN(C(=O)c2ccccc2)CC1. The minimum absolute atomic E-state index is 0.0175. The Balaban J connectivity index is 1.42. The monoisotopic (exact) mass is 344 g/mol. The third-order valence-corrected chi connectivity index (χ3v) is 5.60. The van der Waals surface area contributed by atoms with E-state index in [1.807, 2.05) is 35.2 Å². The van der Waals surface area contributed by atoms with Gasteiger partial charge in [-0.3, -0.25) is 9.59 Å². The van der Waals surface area contributed by atoms with Gasteiger partial charge in [0.1, 0.15) is 0 Å². The quantitative estimate of drug-likeness (QED) is 0.860. The number of rotatable bonds is 5. The van der Waals surface area contributed by atoms with Crippen LogP contribution < -0.4 is 5.32 Å². The van der Waals surface area contributed by atoms with Crippen molar-refractivity contribution in [1.29, 1.82) is 0 Å². The number of aliphatic hydroxyl groups is 1. The van der Waals surface area contributed by atoms with Gasteiger partial charge in [0.15, 0.2) is 0 Å². The van der Waals surface area contributed by atoms with Crippen molar-refractivity contribution >= 4 is 11.8 Å². The molecule has 0 radical (unpaired) electrons. The van der Waals surface area contributed by atoms with Crippen molar-refractivity contribution in [2.24, 2.45) is 11.8 Å².